The molecule has 1 fully saturated rings. The van der Waals surface area contributed by atoms with Crippen molar-refractivity contribution in [1.82, 2.24) is 9.78 Å². The van der Waals surface area contributed by atoms with E-state index in [0.29, 0.717) is 10.9 Å². The van der Waals surface area contributed by atoms with Crippen molar-refractivity contribution in [2.75, 3.05) is 13.2 Å². The van der Waals surface area contributed by atoms with Crippen LogP contribution in [0.2, 0.25) is 5.02 Å². The van der Waals surface area contributed by atoms with Crippen LogP contribution in [-0.4, -0.2) is 34.1 Å². The molecule has 1 saturated heterocycles. The molecule has 106 valence electrons. The van der Waals surface area contributed by atoms with Gasteiger partial charge in [0.05, 0.1) is 22.7 Å². The first-order chi connectivity index (χ1) is 9.63. The summed E-state index contributed by atoms with van der Waals surface area (Å²) in [7, 11) is 0. The molecule has 0 spiro atoms. The molecule has 3 heterocycles. The van der Waals surface area contributed by atoms with Crippen LogP contribution < -0.4 is 0 Å². The molecule has 20 heavy (non-hydrogen) atoms. The number of halogens is 1. The predicted molar refractivity (Wildman–Crippen MR) is 76.4 cm³/mol. The Morgan fingerprint density at radius 2 is 2.50 bits per heavy atom. The van der Waals surface area contributed by atoms with Crippen molar-refractivity contribution >= 4 is 28.9 Å². The van der Waals surface area contributed by atoms with Gasteiger partial charge in [-0.1, -0.05) is 11.6 Å². The lowest BCUT2D eigenvalue weighted by molar-refractivity contribution is 0.0702. The average molecular weight is 313 g/mol. The highest BCUT2D eigenvalue weighted by Gasteiger charge is 2.18. The number of carboxylic acid groups (broad SMARTS) is 1. The van der Waals surface area contributed by atoms with Crippen LogP contribution in [0.4, 0.5) is 0 Å². The fourth-order valence-electron chi connectivity index (χ4n) is 2.24. The molecule has 1 atom stereocenters. The van der Waals surface area contributed by atoms with Crippen molar-refractivity contribution < 1.29 is 14.6 Å². The monoisotopic (exact) mass is 312 g/mol. The molecule has 0 amide bonds. The summed E-state index contributed by atoms with van der Waals surface area (Å²) in [4.78, 5) is 11.9. The van der Waals surface area contributed by atoms with Crippen molar-refractivity contribution in [3.63, 3.8) is 0 Å². The highest BCUT2D eigenvalue weighted by Crippen LogP contribution is 2.36. The second-order valence-corrected chi connectivity index (χ2v) is 6.23. The quantitative estimate of drug-likeness (QED) is 0.942. The van der Waals surface area contributed by atoms with E-state index >= 15 is 0 Å². The Bertz CT molecular complexity index is 631. The standard InChI is InChI=1S/C13H13ClN2O3S/c14-10-3-11(13(17)18)20-12(10)9-4-15-16(6-9)5-8-1-2-19-7-8/h3-4,6,8H,1-2,5,7H2,(H,17,18)/t8-/m1/s1. The molecule has 1 N–H and O–H groups in total. The highest BCUT2D eigenvalue weighted by atomic mass is 35.5. The molecule has 2 aromatic rings. The lowest BCUT2D eigenvalue weighted by Crippen LogP contribution is -2.10. The number of hydrogen-bond acceptors (Lipinski definition) is 4. The number of aromatic nitrogens is 2. The third-order valence-electron chi connectivity index (χ3n) is 3.26. The van der Waals surface area contributed by atoms with Crippen molar-refractivity contribution in [3.05, 3.63) is 28.4 Å². The number of carbonyl (C=O) groups is 1. The zero-order chi connectivity index (χ0) is 14.1. The minimum atomic E-state index is -0.960. The zero-order valence-corrected chi connectivity index (χ0v) is 12.2. The van der Waals surface area contributed by atoms with Crippen molar-refractivity contribution in [3.8, 4) is 10.4 Å². The second kappa shape index (κ2) is 5.55. The number of hydrogen-bond donors (Lipinski definition) is 1. The molecule has 1 aliphatic heterocycles. The Balaban J connectivity index is 1.80. The van der Waals surface area contributed by atoms with Crippen LogP contribution in [-0.2, 0) is 11.3 Å². The Kier molecular flexibility index (Phi) is 3.78. The fourth-order valence-corrected chi connectivity index (χ4v) is 3.51. The molecule has 2 aromatic heterocycles. The molecule has 5 nitrogen and oxygen atoms in total. The summed E-state index contributed by atoms with van der Waals surface area (Å²) in [6.07, 6.45) is 4.68. The van der Waals surface area contributed by atoms with Gasteiger partial charge in [0.2, 0.25) is 0 Å². The van der Waals surface area contributed by atoms with Crippen LogP contribution >= 0.6 is 22.9 Å². The number of aromatic carboxylic acids is 1. The van der Waals surface area contributed by atoms with E-state index in [2.05, 4.69) is 5.10 Å². The largest absolute Gasteiger partial charge is 0.477 e. The molecule has 0 unspecified atom stereocenters. The number of ether oxygens (including phenoxy) is 1. The van der Waals surface area contributed by atoms with Gasteiger partial charge < -0.3 is 9.84 Å². The number of carboxylic acids is 1. The third-order valence-corrected chi connectivity index (χ3v) is 4.84. The Hall–Kier alpha value is -1.37. The minimum Gasteiger partial charge on any atom is -0.477 e. The van der Waals surface area contributed by atoms with Gasteiger partial charge in [-0.15, -0.1) is 11.3 Å². The van der Waals surface area contributed by atoms with Gasteiger partial charge in [0.1, 0.15) is 4.88 Å². The van der Waals surface area contributed by atoms with E-state index < -0.39 is 5.97 Å². The van der Waals surface area contributed by atoms with Gasteiger partial charge in [-0.3, -0.25) is 4.68 Å². The maximum atomic E-state index is 11.0. The van der Waals surface area contributed by atoms with E-state index in [1.54, 1.807) is 6.20 Å². The molecule has 0 bridgehead atoms. The topological polar surface area (TPSA) is 64.3 Å². The lowest BCUT2D eigenvalue weighted by atomic mass is 10.1. The maximum Gasteiger partial charge on any atom is 0.345 e. The number of rotatable bonds is 4. The van der Waals surface area contributed by atoms with E-state index in [1.807, 2.05) is 10.9 Å². The predicted octanol–water partition coefficient (Wildman–Crippen LogP) is 3.00. The van der Waals surface area contributed by atoms with Gasteiger partial charge in [0.25, 0.3) is 0 Å². The van der Waals surface area contributed by atoms with Crippen molar-refractivity contribution in [2.45, 2.75) is 13.0 Å². The first kappa shape index (κ1) is 13.6. The number of nitrogens with zero attached hydrogens (tertiary/aromatic N) is 2. The Morgan fingerprint density at radius 1 is 1.65 bits per heavy atom. The Morgan fingerprint density at radius 3 is 3.15 bits per heavy atom. The molecule has 7 heteroatoms. The lowest BCUT2D eigenvalue weighted by Gasteiger charge is -2.06. The maximum absolute atomic E-state index is 11.0. The summed E-state index contributed by atoms with van der Waals surface area (Å²) in [5, 5.41) is 13.7. The summed E-state index contributed by atoms with van der Waals surface area (Å²) < 4.78 is 7.21. The van der Waals surface area contributed by atoms with Crippen LogP contribution in [0.1, 0.15) is 16.1 Å². The molecule has 1 aliphatic rings. The Labute approximate surface area is 124 Å². The first-order valence-corrected chi connectivity index (χ1v) is 7.46. The van der Waals surface area contributed by atoms with E-state index in [9.17, 15) is 4.79 Å². The SMILES string of the molecule is O=C(O)c1cc(Cl)c(-c2cnn(C[C@H]3CCOC3)c2)s1. The highest BCUT2D eigenvalue weighted by molar-refractivity contribution is 7.18. The van der Waals surface area contributed by atoms with Gasteiger partial charge >= 0.3 is 5.97 Å². The minimum absolute atomic E-state index is 0.238. The van der Waals surface area contributed by atoms with Crippen LogP contribution in [0.3, 0.4) is 0 Å². The van der Waals surface area contributed by atoms with Gasteiger partial charge in [0, 0.05) is 30.8 Å². The fraction of sp³-hybridized carbons (Fsp3) is 0.385. The molecule has 0 saturated carbocycles. The second-order valence-electron chi connectivity index (χ2n) is 4.77. The van der Waals surface area contributed by atoms with Crippen LogP contribution in [0.25, 0.3) is 10.4 Å². The zero-order valence-electron chi connectivity index (χ0n) is 10.6. The summed E-state index contributed by atoms with van der Waals surface area (Å²) in [6.45, 7) is 2.41. The summed E-state index contributed by atoms with van der Waals surface area (Å²) in [5.74, 6) is -0.463. The summed E-state index contributed by atoms with van der Waals surface area (Å²) >= 11 is 7.26. The summed E-state index contributed by atoms with van der Waals surface area (Å²) in [5.41, 5.74) is 0.853. The van der Waals surface area contributed by atoms with Gasteiger partial charge in [0.15, 0.2) is 0 Å². The average Bonchev–Trinajstić information content (AvgIpc) is 3.10. The van der Waals surface area contributed by atoms with E-state index in [4.69, 9.17) is 21.4 Å². The van der Waals surface area contributed by atoms with E-state index in [-0.39, 0.29) is 4.88 Å². The molecule has 0 aromatic carbocycles. The third kappa shape index (κ3) is 2.72. The molecule has 0 aliphatic carbocycles. The van der Waals surface area contributed by atoms with E-state index in [0.717, 1.165) is 36.6 Å². The molecular formula is C13H13ClN2O3S. The van der Waals surface area contributed by atoms with Crippen molar-refractivity contribution in [1.29, 1.82) is 0 Å². The normalized spacial score (nSPS) is 18.6. The molecule has 0 radical (unpaired) electrons. The first-order valence-electron chi connectivity index (χ1n) is 6.26. The van der Waals surface area contributed by atoms with Gasteiger partial charge in [-0.2, -0.15) is 5.10 Å². The van der Waals surface area contributed by atoms with Crippen LogP contribution in [0.15, 0.2) is 18.5 Å². The number of thiophene rings is 1. The molecular weight excluding hydrogens is 300 g/mol. The van der Waals surface area contributed by atoms with E-state index in [1.165, 1.54) is 17.4 Å². The smallest absolute Gasteiger partial charge is 0.345 e. The van der Waals surface area contributed by atoms with Crippen molar-refractivity contribution in [2.24, 2.45) is 5.92 Å². The van der Waals surface area contributed by atoms with Gasteiger partial charge in [-0.25, -0.2) is 4.79 Å². The molecule has 3 rings (SSSR count). The summed E-state index contributed by atoms with van der Waals surface area (Å²) in [6, 6.07) is 1.48. The van der Waals surface area contributed by atoms with Crippen LogP contribution in [0.5, 0.6) is 0 Å². The van der Waals surface area contributed by atoms with Crippen LogP contribution in [0, 0.1) is 5.92 Å². The van der Waals surface area contributed by atoms with Gasteiger partial charge in [-0.05, 0) is 12.5 Å².